The summed E-state index contributed by atoms with van der Waals surface area (Å²) in [5.41, 5.74) is 0.966. The molecule has 2 rings (SSSR count). The van der Waals surface area contributed by atoms with Gasteiger partial charge >= 0.3 is 0 Å². The van der Waals surface area contributed by atoms with Crippen LogP contribution in [0.5, 0.6) is 0 Å². The van der Waals surface area contributed by atoms with Gasteiger partial charge in [0.15, 0.2) is 5.15 Å². The summed E-state index contributed by atoms with van der Waals surface area (Å²) in [4.78, 5) is 0. The van der Waals surface area contributed by atoms with Crippen LogP contribution in [0.25, 0.3) is 0 Å². The van der Waals surface area contributed by atoms with E-state index in [0.29, 0.717) is 5.15 Å². The lowest BCUT2D eigenvalue weighted by Gasteiger charge is -2.10. The summed E-state index contributed by atoms with van der Waals surface area (Å²) in [6.45, 7) is 1.01. The molecule has 0 spiro atoms. The molecule has 1 N–H and O–H groups in total. The van der Waals surface area contributed by atoms with Gasteiger partial charge in [0.05, 0.1) is 11.9 Å². The van der Waals surface area contributed by atoms with Gasteiger partial charge in [0.2, 0.25) is 0 Å². The minimum Gasteiger partial charge on any atom is -0.384 e. The number of nitrogens with one attached hydrogen (secondary N) is 1. The molecule has 1 saturated carbocycles. The van der Waals surface area contributed by atoms with E-state index in [1.807, 2.05) is 6.07 Å². The van der Waals surface area contributed by atoms with Crippen LogP contribution >= 0.6 is 11.6 Å². The van der Waals surface area contributed by atoms with E-state index in [-0.39, 0.29) is 0 Å². The molecule has 3 nitrogen and oxygen atoms in total. The lowest BCUT2D eigenvalue weighted by molar-refractivity contribution is 0.518. The molecule has 0 bridgehead atoms. The van der Waals surface area contributed by atoms with Gasteiger partial charge in [0, 0.05) is 12.6 Å². The molecule has 1 aliphatic rings. The molecule has 0 amide bonds. The second-order valence-electron chi connectivity index (χ2n) is 4.13. The first-order valence-electron chi connectivity index (χ1n) is 5.57. The smallest absolute Gasteiger partial charge is 0.153 e. The van der Waals surface area contributed by atoms with E-state index >= 15 is 0 Å². The monoisotopic (exact) mass is 225 g/mol. The molecule has 1 heterocycles. The van der Waals surface area contributed by atoms with E-state index in [9.17, 15) is 0 Å². The number of hydrogen-bond acceptors (Lipinski definition) is 3. The van der Waals surface area contributed by atoms with Crippen molar-refractivity contribution in [2.75, 3.05) is 11.9 Å². The van der Waals surface area contributed by atoms with Crippen molar-refractivity contribution in [1.82, 2.24) is 10.2 Å². The number of rotatable bonds is 4. The Labute approximate surface area is 95.2 Å². The molecular formula is C11H16ClN3. The van der Waals surface area contributed by atoms with Gasteiger partial charge < -0.3 is 5.32 Å². The highest BCUT2D eigenvalue weighted by molar-refractivity contribution is 6.29. The van der Waals surface area contributed by atoms with Crippen LogP contribution in [0.2, 0.25) is 5.15 Å². The van der Waals surface area contributed by atoms with E-state index in [0.717, 1.165) is 18.2 Å². The van der Waals surface area contributed by atoms with E-state index < -0.39 is 0 Å². The van der Waals surface area contributed by atoms with Gasteiger partial charge in [-0.25, -0.2) is 0 Å². The highest BCUT2D eigenvalue weighted by atomic mass is 35.5. The van der Waals surface area contributed by atoms with Crippen LogP contribution < -0.4 is 5.32 Å². The fraction of sp³-hybridized carbons (Fsp3) is 0.636. The Hall–Kier alpha value is -0.830. The second kappa shape index (κ2) is 5.31. The summed E-state index contributed by atoms with van der Waals surface area (Å²) in [7, 11) is 0. The van der Waals surface area contributed by atoms with Gasteiger partial charge in [-0.2, -0.15) is 5.10 Å². The molecule has 1 aromatic heterocycles. The molecule has 0 radical (unpaired) electrons. The fourth-order valence-electron chi connectivity index (χ4n) is 2.16. The molecule has 0 unspecified atom stereocenters. The van der Waals surface area contributed by atoms with Crippen LogP contribution in [0, 0.1) is 5.92 Å². The second-order valence-corrected chi connectivity index (χ2v) is 4.52. The summed E-state index contributed by atoms with van der Waals surface area (Å²) in [5.74, 6) is 0.919. The zero-order valence-electron chi connectivity index (χ0n) is 8.75. The average molecular weight is 226 g/mol. The zero-order chi connectivity index (χ0) is 10.5. The first-order chi connectivity index (χ1) is 7.34. The zero-order valence-corrected chi connectivity index (χ0v) is 9.50. The van der Waals surface area contributed by atoms with Crippen molar-refractivity contribution in [3.63, 3.8) is 0 Å². The Morgan fingerprint density at radius 2 is 2.20 bits per heavy atom. The van der Waals surface area contributed by atoms with Crippen LogP contribution in [0.4, 0.5) is 5.69 Å². The lowest BCUT2D eigenvalue weighted by Crippen LogP contribution is -2.06. The van der Waals surface area contributed by atoms with Crippen molar-refractivity contribution >= 4 is 17.3 Å². The summed E-state index contributed by atoms with van der Waals surface area (Å²) < 4.78 is 0. The third-order valence-corrected chi connectivity index (χ3v) is 3.17. The molecule has 82 valence electrons. The molecule has 0 atom stereocenters. The predicted octanol–water partition coefficient (Wildman–Crippen LogP) is 3.12. The predicted molar refractivity (Wildman–Crippen MR) is 62.1 cm³/mol. The van der Waals surface area contributed by atoms with Gasteiger partial charge in [0.25, 0.3) is 0 Å². The first kappa shape index (κ1) is 10.7. The van der Waals surface area contributed by atoms with Crippen molar-refractivity contribution in [3.05, 3.63) is 17.4 Å². The number of hydrogen-bond donors (Lipinski definition) is 1. The molecular weight excluding hydrogens is 210 g/mol. The number of aromatic nitrogens is 2. The fourth-order valence-corrected chi connectivity index (χ4v) is 2.32. The Morgan fingerprint density at radius 3 is 2.93 bits per heavy atom. The topological polar surface area (TPSA) is 37.8 Å². The quantitative estimate of drug-likeness (QED) is 0.856. The lowest BCUT2D eigenvalue weighted by atomic mass is 10.0. The number of halogens is 1. The van der Waals surface area contributed by atoms with Crippen LogP contribution in [0.1, 0.15) is 32.1 Å². The maximum Gasteiger partial charge on any atom is 0.153 e. The summed E-state index contributed by atoms with van der Waals surface area (Å²) in [6, 6.07) is 1.81. The molecule has 1 aromatic rings. The molecule has 0 aliphatic heterocycles. The number of anilines is 1. The Kier molecular flexibility index (Phi) is 3.78. The van der Waals surface area contributed by atoms with E-state index in [2.05, 4.69) is 15.5 Å². The molecule has 4 heteroatoms. The van der Waals surface area contributed by atoms with Crippen molar-refractivity contribution < 1.29 is 0 Å². The van der Waals surface area contributed by atoms with Crippen LogP contribution in [0.15, 0.2) is 12.3 Å². The Balaban J connectivity index is 1.73. The van der Waals surface area contributed by atoms with Crippen LogP contribution in [0.3, 0.4) is 0 Å². The highest BCUT2D eigenvalue weighted by Crippen LogP contribution is 2.27. The summed E-state index contributed by atoms with van der Waals surface area (Å²) in [5, 5.41) is 11.3. The average Bonchev–Trinajstić information content (AvgIpc) is 2.71. The van der Waals surface area contributed by atoms with E-state index in [1.54, 1.807) is 6.20 Å². The number of nitrogens with zero attached hydrogens (tertiary/aromatic N) is 2. The van der Waals surface area contributed by atoms with Crippen LogP contribution in [-0.4, -0.2) is 16.7 Å². The van der Waals surface area contributed by atoms with Gasteiger partial charge in [-0.1, -0.05) is 37.3 Å². The van der Waals surface area contributed by atoms with Gasteiger partial charge in [-0.15, -0.1) is 5.10 Å². The minimum atomic E-state index is 0.445. The van der Waals surface area contributed by atoms with Crippen molar-refractivity contribution in [1.29, 1.82) is 0 Å². The SMILES string of the molecule is Clc1cc(NCCC2CCCC2)cnn1. The maximum absolute atomic E-state index is 5.74. The molecule has 0 aromatic carbocycles. The third-order valence-electron chi connectivity index (χ3n) is 2.98. The highest BCUT2D eigenvalue weighted by Gasteiger charge is 2.13. The van der Waals surface area contributed by atoms with Crippen molar-refractivity contribution in [2.45, 2.75) is 32.1 Å². The molecule has 1 aliphatic carbocycles. The largest absolute Gasteiger partial charge is 0.384 e. The van der Waals surface area contributed by atoms with Gasteiger partial charge in [0.1, 0.15) is 0 Å². The maximum atomic E-state index is 5.74. The van der Waals surface area contributed by atoms with Crippen molar-refractivity contribution in [2.24, 2.45) is 5.92 Å². The Bertz CT molecular complexity index is 310. The van der Waals surface area contributed by atoms with E-state index in [4.69, 9.17) is 11.6 Å². The first-order valence-corrected chi connectivity index (χ1v) is 5.94. The third kappa shape index (κ3) is 3.34. The normalized spacial score (nSPS) is 16.9. The Morgan fingerprint density at radius 1 is 1.40 bits per heavy atom. The molecule has 0 saturated heterocycles. The standard InChI is InChI=1S/C11H16ClN3/c12-11-7-10(8-14-15-11)13-6-5-9-3-1-2-4-9/h7-9H,1-6H2,(H,13,15). The van der Waals surface area contributed by atoms with Gasteiger partial charge in [-0.05, 0) is 12.3 Å². The van der Waals surface area contributed by atoms with Gasteiger partial charge in [-0.3, -0.25) is 0 Å². The van der Waals surface area contributed by atoms with Crippen LogP contribution in [-0.2, 0) is 0 Å². The van der Waals surface area contributed by atoms with Crippen molar-refractivity contribution in [3.8, 4) is 0 Å². The molecule has 1 fully saturated rings. The van der Waals surface area contributed by atoms with E-state index in [1.165, 1.54) is 32.1 Å². The molecule has 15 heavy (non-hydrogen) atoms. The summed E-state index contributed by atoms with van der Waals surface area (Å²) >= 11 is 5.74. The minimum absolute atomic E-state index is 0.445. The summed E-state index contributed by atoms with van der Waals surface area (Å²) in [6.07, 6.45) is 8.58.